The summed E-state index contributed by atoms with van der Waals surface area (Å²) in [5, 5.41) is 7.58. The third-order valence-corrected chi connectivity index (χ3v) is 3.50. The lowest BCUT2D eigenvalue weighted by Gasteiger charge is -2.12. The van der Waals surface area contributed by atoms with Crippen LogP contribution < -0.4 is 16.2 Å². The van der Waals surface area contributed by atoms with Crippen molar-refractivity contribution in [3.63, 3.8) is 0 Å². The molecule has 5 N–H and O–H groups in total. The fourth-order valence-electron chi connectivity index (χ4n) is 1.47. The van der Waals surface area contributed by atoms with Gasteiger partial charge in [0.1, 0.15) is 6.04 Å². The lowest BCUT2D eigenvalue weighted by Crippen LogP contribution is -2.39. The summed E-state index contributed by atoms with van der Waals surface area (Å²) in [6.07, 6.45) is 0. The zero-order chi connectivity index (χ0) is 14.6. The first-order valence-corrected chi connectivity index (χ1v) is 6.99. The van der Waals surface area contributed by atoms with E-state index in [2.05, 4.69) is 5.32 Å². The summed E-state index contributed by atoms with van der Waals surface area (Å²) >= 11 is 0. The van der Waals surface area contributed by atoms with E-state index in [0.29, 0.717) is 11.3 Å². The van der Waals surface area contributed by atoms with E-state index in [9.17, 15) is 13.2 Å². The molecule has 1 rings (SSSR count). The van der Waals surface area contributed by atoms with Crippen LogP contribution in [0.2, 0.25) is 0 Å². The highest BCUT2D eigenvalue weighted by molar-refractivity contribution is 7.89. The molecule has 0 saturated heterocycles. The Morgan fingerprint density at radius 3 is 2.63 bits per heavy atom. The number of amides is 1. The number of methoxy groups -OCH3 is 1. The molecule has 1 aromatic carbocycles. The Morgan fingerprint density at radius 2 is 2.11 bits per heavy atom. The van der Waals surface area contributed by atoms with Crippen molar-refractivity contribution >= 4 is 21.6 Å². The Morgan fingerprint density at radius 1 is 1.47 bits per heavy atom. The van der Waals surface area contributed by atoms with Crippen molar-refractivity contribution in [2.24, 2.45) is 10.9 Å². The van der Waals surface area contributed by atoms with Gasteiger partial charge in [0.15, 0.2) is 0 Å². The normalized spacial score (nSPS) is 13.1. The maximum atomic E-state index is 11.7. The number of rotatable bonds is 5. The minimum atomic E-state index is -3.83. The highest BCUT2D eigenvalue weighted by atomic mass is 32.2. The van der Waals surface area contributed by atoms with Crippen molar-refractivity contribution in [1.29, 1.82) is 0 Å². The van der Waals surface area contributed by atoms with E-state index >= 15 is 0 Å². The maximum absolute atomic E-state index is 11.7. The predicted molar refractivity (Wildman–Crippen MR) is 71.0 cm³/mol. The molecule has 1 amide bonds. The van der Waals surface area contributed by atoms with Crippen LogP contribution in [0.15, 0.2) is 23.1 Å². The minimum absolute atomic E-state index is 0.0365. The molecule has 106 valence electrons. The molecule has 1 aromatic rings. The molecule has 1 atom stereocenters. The average Bonchev–Trinajstić information content (AvgIpc) is 2.30. The van der Waals surface area contributed by atoms with Gasteiger partial charge < -0.3 is 15.8 Å². The Hall–Kier alpha value is -1.48. The number of aryl methyl sites for hydroxylation is 1. The summed E-state index contributed by atoms with van der Waals surface area (Å²) in [7, 11) is -2.40. The van der Waals surface area contributed by atoms with Crippen molar-refractivity contribution in [3.8, 4) is 0 Å². The van der Waals surface area contributed by atoms with E-state index in [4.69, 9.17) is 15.6 Å². The van der Waals surface area contributed by atoms with E-state index in [-0.39, 0.29) is 11.5 Å². The molecule has 0 spiro atoms. The van der Waals surface area contributed by atoms with Crippen LogP contribution in [-0.2, 0) is 19.6 Å². The van der Waals surface area contributed by atoms with Gasteiger partial charge in [0, 0.05) is 12.8 Å². The van der Waals surface area contributed by atoms with Crippen LogP contribution in [0.4, 0.5) is 5.69 Å². The number of primary sulfonamides is 1. The van der Waals surface area contributed by atoms with E-state index in [1.54, 1.807) is 19.1 Å². The van der Waals surface area contributed by atoms with E-state index in [1.165, 1.54) is 13.2 Å². The first-order valence-electron chi connectivity index (χ1n) is 5.44. The van der Waals surface area contributed by atoms with E-state index < -0.39 is 22.0 Å². The largest absolute Gasteiger partial charge is 0.383 e. The molecule has 0 radical (unpaired) electrons. The molecule has 0 heterocycles. The molecule has 0 aliphatic heterocycles. The van der Waals surface area contributed by atoms with Crippen molar-refractivity contribution < 1.29 is 17.9 Å². The SMILES string of the molecule is COCC(N)C(=O)Nc1ccc(C)c(S(N)(=O)=O)c1. The topological polar surface area (TPSA) is 125 Å². The monoisotopic (exact) mass is 287 g/mol. The van der Waals surface area contributed by atoms with Gasteiger partial charge >= 0.3 is 0 Å². The quantitative estimate of drug-likeness (QED) is 0.676. The molecule has 7 nitrogen and oxygen atoms in total. The average molecular weight is 287 g/mol. The van der Waals surface area contributed by atoms with Crippen molar-refractivity contribution in [1.82, 2.24) is 0 Å². The van der Waals surface area contributed by atoms with Crippen LogP contribution in [-0.4, -0.2) is 34.1 Å². The van der Waals surface area contributed by atoms with Gasteiger partial charge in [-0.15, -0.1) is 0 Å². The standard InChI is InChI=1S/C11H17N3O4S/c1-7-3-4-8(5-10(7)19(13,16)17)14-11(15)9(12)6-18-2/h3-5,9H,6,12H2,1-2H3,(H,14,15)(H2,13,16,17). The lowest BCUT2D eigenvalue weighted by molar-refractivity contribution is -0.118. The van der Waals surface area contributed by atoms with Crippen LogP contribution in [0.3, 0.4) is 0 Å². The third kappa shape index (κ3) is 4.28. The molecule has 0 bridgehead atoms. The lowest BCUT2D eigenvalue weighted by atomic mass is 10.2. The van der Waals surface area contributed by atoms with Crippen LogP contribution in [0.25, 0.3) is 0 Å². The molecular formula is C11H17N3O4S. The fourth-order valence-corrected chi connectivity index (χ4v) is 2.28. The summed E-state index contributed by atoms with van der Waals surface area (Å²) in [5.74, 6) is -0.467. The molecule has 0 fully saturated rings. The van der Waals surface area contributed by atoms with Gasteiger partial charge in [0.05, 0.1) is 11.5 Å². The van der Waals surface area contributed by atoms with Gasteiger partial charge in [-0.1, -0.05) is 6.07 Å². The Balaban J connectivity index is 2.95. The predicted octanol–water partition coefficient (Wildman–Crippen LogP) is -0.445. The molecular weight excluding hydrogens is 270 g/mol. The molecule has 1 unspecified atom stereocenters. The summed E-state index contributed by atoms with van der Waals surface area (Å²) in [6.45, 7) is 1.68. The zero-order valence-corrected chi connectivity index (χ0v) is 11.5. The Labute approximate surface area is 112 Å². The number of carbonyl (C=O) groups excluding carboxylic acids is 1. The fraction of sp³-hybridized carbons (Fsp3) is 0.364. The summed E-state index contributed by atoms with van der Waals surface area (Å²) in [5.41, 5.74) is 6.36. The number of nitrogens with two attached hydrogens (primary N) is 2. The molecule has 0 aliphatic carbocycles. The van der Waals surface area contributed by atoms with Crippen LogP contribution in [0, 0.1) is 6.92 Å². The minimum Gasteiger partial charge on any atom is -0.383 e. The number of benzene rings is 1. The highest BCUT2D eigenvalue weighted by Gasteiger charge is 2.16. The van der Waals surface area contributed by atoms with Crippen molar-refractivity contribution in [3.05, 3.63) is 23.8 Å². The number of ether oxygens (including phenoxy) is 1. The zero-order valence-electron chi connectivity index (χ0n) is 10.7. The summed E-state index contributed by atoms with van der Waals surface area (Å²) < 4.78 is 27.5. The van der Waals surface area contributed by atoms with Gasteiger partial charge in [-0.2, -0.15) is 0 Å². The van der Waals surface area contributed by atoms with Crippen molar-refractivity contribution in [2.75, 3.05) is 19.0 Å². The van der Waals surface area contributed by atoms with Crippen LogP contribution >= 0.6 is 0 Å². The first kappa shape index (κ1) is 15.6. The smallest absolute Gasteiger partial charge is 0.243 e. The number of sulfonamides is 1. The van der Waals surface area contributed by atoms with Gasteiger partial charge in [-0.3, -0.25) is 4.79 Å². The van der Waals surface area contributed by atoms with Crippen molar-refractivity contribution in [2.45, 2.75) is 17.9 Å². The van der Waals surface area contributed by atoms with Gasteiger partial charge in [-0.25, -0.2) is 13.6 Å². The van der Waals surface area contributed by atoms with E-state index in [1.807, 2.05) is 0 Å². The second kappa shape index (κ2) is 6.11. The Kier molecular flexibility index (Phi) is 5.01. The summed E-state index contributed by atoms with van der Waals surface area (Å²) in [6, 6.07) is 3.59. The second-order valence-corrected chi connectivity index (χ2v) is 5.61. The molecule has 0 saturated carbocycles. The van der Waals surface area contributed by atoms with Gasteiger partial charge in [0.25, 0.3) is 0 Å². The van der Waals surface area contributed by atoms with Crippen LogP contribution in [0.1, 0.15) is 5.56 Å². The maximum Gasteiger partial charge on any atom is 0.243 e. The number of carbonyl (C=O) groups is 1. The van der Waals surface area contributed by atoms with E-state index in [0.717, 1.165) is 0 Å². The number of hydrogen-bond acceptors (Lipinski definition) is 5. The third-order valence-electron chi connectivity index (χ3n) is 2.45. The number of anilines is 1. The molecule has 0 aliphatic rings. The molecule has 19 heavy (non-hydrogen) atoms. The van der Waals surface area contributed by atoms with Crippen LogP contribution in [0.5, 0.6) is 0 Å². The highest BCUT2D eigenvalue weighted by Crippen LogP contribution is 2.19. The number of hydrogen-bond donors (Lipinski definition) is 3. The van der Waals surface area contributed by atoms with Gasteiger partial charge in [0.2, 0.25) is 15.9 Å². The number of nitrogens with one attached hydrogen (secondary N) is 1. The first-order chi connectivity index (χ1) is 8.75. The van der Waals surface area contributed by atoms with Gasteiger partial charge in [-0.05, 0) is 24.6 Å². The molecule has 0 aromatic heterocycles. The summed E-state index contributed by atoms with van der Waals surface area (Å²) in [4.78, 5) is 11.6. The molecule has 8 heteroatoms. The Bertz CT molecular complexity index is 571. The second-order valence-electron chi connectivity index (χ2n) is 4.08.